The smallest absolute Gasteiger partial charge is 0.381 e. The number of nitrogens with zero attached hydrogens (tertiary/aromatic N) is 15. The van der Waals surface area contributed by atoms with Crippen molar-refractivity contribution < 1.29 is 17.9 Å². The van der Waals surface area contributed by atoms with E-state index in [1.54, 1.807) is 40.0 Å². The van der Waals surface area contributed by atoms with E-state index >= 15 is 0 Å². The number of ether oxygens (including phenoxy) is 1. The Labute approximate surface area is 732 Å². The van der Waals surface area contributed by atoms with Gasteiger partial charge in [0.1, 0.15) is 22.7 Å². The summed E-state index contributed by atoms with van der Waals surface area (Å²) in [5, 5.41) is 39.6. The molecule has 2 unspecified atom stereocenters. The Kier molecular flexibility index (Phi) is 25.2. The molecule has 10 aromatic heterocycles. The van der Waals surface area contributed by atoms with E-state index in [0.29, 0.717) is 89.6 Å². The van der Waals surface area contributed by atoms with Crippen LogP contribution in [0.1, 0.15) is 96.2 Å². The molecule has 5 saturated heterocycles. The highest BCUT2D eigenvalue weighted by Crippen LogP contribution is 2.37. The van der Waals surface area contributed by atoms with Gasteiger partial charge in [0.2, 0.25) is 17.8 Å². The van der Waals surface area contributed by atoms with Crippen LogP contribution in [0.5, 0.6) is 0 Å². The average Bonchev–Trinajstić information content (AvgIpc) is 0.856. The van der Waals surface area contributed by atoms with Gasteiger partial charge in [0.05, 0.1) is 22.5 Å². The molecule has 5 aromatic carbocycles. The first-order chi connectivity index (χ1) is 61.5. The molecule has 15 aromatic rings. The number of fused-ring (bicyclic) bond motifs is 3. The number of alkyl halides is 3. The Bertz CT molecular complexity index is 6560. The molecule has 5 fully saturated rings. The standard InChI is InChI=1S/C36H38N6O.C31H32N8O2S.C27H24F3N9OS/c1-24-20-27(26-15-18-37-19-16-26)11-14-32(24)33-21-29-23-39-36(41-34(29)42(35(33)43)31-7-3-2-4-8-31)40-30-12-9-25(10-13-30)28-6-5-17-38-22-28;1-19-14-27(20-7-11-41-12-8-20)34-18-26(19)25-15-21-16-35-30(38-28(21)39(29(25)40)31-33-10-13-42-31)37-23-4-2-22(3-5-23)36-24-6-9-32-17-24;1-16-10-18(24-37-34-15-41-24)13-32-22(16)21-11-17-12-33-26(36-23(17)39(25(21)40)14-27(28,29)30)35-19-2-4-20(5-3-19)38-8-6-31-7-9-38/h2-4,7-14,20-21,23,26,28,37-38H,5-6,15-19,22H2,1H3,(H,39,40,41);2-5,10,13-16,18,20,24,32,36H,6-9,11-12,17H2,1H3,(H,35,37,38);2-5,10-13,15,31H,6-9,14H2,1H3,(H,33,35,36). The van der Waals surface area contributed by atoms with Gasteiger partial charge in [-0.05, 0) is 240 Å². The molecular formula is C94H94F3N23O4S2. The highest BCUT2D eigenvalue weighted by molar-refractivity contribution is 7.12. The largest absolute Gasteiger partial charge is 0.406 e. The number of halogens is 3. The lowest BCUT2D eigenvalue weighted by atomic mass is 9.87. The average molecular weight is 1730 g/mol. The number of hydrogen-bond donors (Lipinski definition) is 8. The minimum Gasteiger partial charge on any atom is -0.381 e. The molecule has 8 N–H and O–H groups in total. The fraction of sp³-hybridized carbons (Fsp3) is 0.298. The Morgan fingerprint density at radius 3 is 1.71 bits per heavy atom. The molecule has 126 heavy (non-hydrogen) atoms. The zero-order valence-electron chi connectivity index (χ0n) is 69.8. The number of thiazole rings is 1. The molecule has 2 atom stereocenters. The van der Waals surface area contributed by atoms with Gasteiger partial charge in [0.15, 0.2) is 16.4 Å². The first-order valence-electron chi connectivity index (χ1n) is 42.6. The second-order valence-electron chi connectivity index (χ2n) is 32.3. The van der Waals surface area contributed by atoms with Crippen molar-refractivity contribution >= 4 is 102 Å². The van der Waals surface area contributed by atoms with E-state index in [9.17, 15) is 27.6 Å². The quantitative estimate of drug-likeness (QED) is 0.0373. The monoisotopic (exact) mass is 1730 g/mol. The third kappa shape index (κ3) is 19.1. The molecule has 0 aliphatic carbocycles. The number of para-hydroxylation sites is 1. The van der Waals surface area contributed by atoms with Crippen molar-refractivity contribution in [2.45, 2.75) is 102 Å². The van der Waals surface area contributed by atoms with Crippen molar-refractivity contribution in [3.8, 4) is 54.9 Å². The van der Waals surface area contributed by atoms with E-state index in [-0.39, 0.29) is 39.4 Å². The van der Waals surface area contributed by atoms with E-state index in [1.807, 2.05) is 116 Å². The van der Waals surface area contributed by atoms with Crippen LogP contribution in [-0.2, 0) is 11.3 Å². The van der Waals surface area contributed by atoms with Crippen LogP contribution < -0.4 is 64.1 Å². The number of benzene rings is 5. The molecule has 5 aliphatic rings. The number of pyridine rings is 5. The lowest BCUT2D eigenvalue weighted by Crippen LogP contribution is -2.43. The molecule has 27 nitrogen and oxygen atoms in total. The number of aromatic nitrogens is 14. The minimum absolute atomic E-state index is 0.0240. The van der Waals surface area contributed by atoms with Gasteiger partial charge in [-0.2, -0.15) is 28.1 Å². The molecule has 0 saturated carbocycles. The second-order valence-corrected chi connectivity index (χ2v) is 34.0. The highest BCUT2D eigenvalue weighted by atomic mass is 32.1. The van der Waals surface area contributed by atoms with E-state index in [4.69, 9.17) is 19.7 Å². The Balaban J connectivity index is 0.000000128. The van der Waals surface area contributed by atoms with Crippen molar-refractivity contribution in [1.82, 2.24) is 90.0 Å². The summed E-state index contributed by atoms with van der Waals surface area (Å²) in [6.07, 6.45) is 13.1. The maximum absolute atomic E-state index is 14.2. The lowest BCUT2D eigenvalue weighted by Gasteiger charge is -2.29. The zero-order chi connectivity index (χ0) is 86.2. The second kappa shape index (κ2) is 37.9. The molecule has 642 valence electrons. The molecule has 0 bridgehead atoms. The first kappa shape index (κ1) is 83.9. The summed E-state index contributed by atoms with van der Waals surface area (Å²) in [4.78, 5) is 85.3. The van der Waals surface area contributed by atoms with Crippen LogP contribution in [0.4, 0.5) is 59.5 Å². The third-order valence-electron chi connectivity index (χ3n) is 23.7. The predicted octanol–water partition coefficient (Wildman–Crippen LogP) is 15.8. The van der Waals surface area contributed by atoms with Crippen LogP contribution >= 0.6 is 22.7 Å². The van der Waals surface area contributed by atoms with Crippen LogP contribution in [0.25, 0.3) is 88.0 Å². The van der Waals surface area contributed by atoms with Crippen molar-refractivity contribution in [2.24, 2.45) is 0 Å². The van der Waals surface area contributed by atoms with Crippen LogP contribution in [0, 0.1) is 20.8 Å². The highest BCUT2D eigenvalue weighted by Gasteiger charge is 2.32. The number of piperidine rings is 2. The first-order valence-corrected chi connectivity index (χ1v) is 44.4. The number of hydrogen-bond acceptors (Lipinski definition) is 26. The van der Waals surface area contributed by atoms with Crippen molar-refractivity contribution in [3.05, 3.63) is 264 Å². The summed E-state index contributed by atoms with van der Waals surface area (Å²) in [7, 11) is 0. The maximum atomic E-state index is 14.2. The van der Waals surface area contributed by atoms with E-state index in [0.717, 1.165) is 178 Å². The molecule has 32 heteroatoms. The van der Waals surface area contributed by atoms with E-state index in [2.05, 4.69) is 143 Å². The van der Waals surface area contributed by atoms with Gasteiger partial charge >= 0.3 is 6.18 Å². The molecule has 20 rings (SSSR count). The lowest BCUT2D eigenvalue weighted by molar-refractivity contribution is -0.140. The fourth-order valence-electron chi connectivity index (χ4n) is 17.2. The van der Waals surface area contributed by atoms with E-state index in [1.165, 1.54) is 65.1 Å². The van der Waals surface area contributed by atoms with Gasteiger partial charge in [-0.1, -0.05) is 59.9 Å². The Morgan fingerprint density at radius 2 is 1.09 bits per heavy atom. The minimum atomic E-state index is -4.65. The van der Waals surface area contributed by atoms with Crippen molar-refractivity contribution in [1.29, 1.82) is 0 Å². The third-order valence-corrected chi connectivity index (χ3v) is 25.2. The summed E-state index contributed by atoms with van der Waals surface area (Å²) in [6.45, 7) is 15.8. The van der Waals surface area contributed by atoms with Crippen molar-refractivity contribution in [2.75, 3.05) is 105 Å². The van der Waals surface area contributed by atoms with Gasteiger partial charge in [-0.15, -0.1) is 21.5 Å². The maximum Gasteiger partial charge on any atom is 0.406 e. The van der Waals surface area contributed by atoms with Gasteiger partial charge < -0.3 is 52.2 Å². The van der Waals surface area contributed by atoms with Gasteiger partial charge in [-0.25, -0.2) is 24.5 Å². The number of anilines is 8. The summed E-state index contributed by atoms with van der Waals surface area (Å²) >= 11 is 2.72. The fourth-order valence-corrected chi connectivity index (χ4v) is 18.4. The number of rotatable bonds is 19. The molecule has 15 heterocycles. The number of aryl methyl sites for hydroxylation is 3. The van der Waals surface area contributed by atoms with Crippen LogP contribution in [0.15, 0.2) is 214 Å². The molecule has 5 aliphatic heterocycles. The van der Waals surface area contributed by atoms with Crippen molar-refractivity contribution in [3.63, 3.8) is 0 Å². The summed E-state index contributed by atoms with van der Waals surface area (Å²) < 4.78 is 50.4. The Hall–Kier alpha value is -13.0. The predicted molar refractivity (Wildman–Crippen MR) is 492 cm³/mol. The van der Waals surface area contributed by atoms with Crippen LogP contribution in [0.2, 0.25) is 0 Å². The summed E-state index contributed by atoms with van der Waals surface area (Å²) in [5.41, 5.74) is 17.2. The topological polar surface area (TPSA) is 316 Å². The summed E-state index contributed by atoms with van der Waals surface area (Å²) in [6, 6.07) is 50.2. The van der Waals surface area contributed by atoms with Crippen LogP contribution in [-0.4, -0.2) is 160 Å². The summed E-state index contributed by atoms with van der Waals surface area (Å²) in [5.74, 6) is 2.43. The zero-order valence-corrected chi connectivity index (χ0v) is 71.4. The molecular weight excluding hydrogens is 1640 g/mol. The normalized spacial score (nSPS) is 16.4. The molecule has 0 radical (unpaired) electrons. The SMILES string of the molecule is Cc1cc(-c2nncs2)cnc1-c1cc2cnc(Nc3ccc(N4CCNCC4)cc3)nc2n(CC(F)(F)F)c1=O.Cc1cc(C2CCNCC2)ccc1-c1cc2cnc(Nc3ccc(C4CCCNC4)cc3)nc2n(-c2ccccc2)c1=O.Cc1cc(C2CCOCC2)ncc1-c1cc2cnc(Nc3ccc(NC4CCNC4)cc3)nc2n(-c2nccs2)c1=O. The van der Waals surface area contributed by atoms with E-state index < -0.39 is 18.3 Å². The van der Waals surface area contributed by atoms with Gasteiger partial charge in [0.25, 0.3) is 16.7 Å². The van der Waals surface area contributed by atoms with Crippen LogP contribution in [0.3, 0.4) is 0 Å². The Morgan fingerprint density at radius 1 is 0.484 bits per heavy atom. The molecule has 0 spiro atoms. The van der Waals surface area contributed by atoms with Gasteiger partial charge in [-0.3, -0.25) is 33.5 Å². The number of piperazine rings is 1. The van der Waals surface area contributed by atoms with Gasteiger partial charge in [0, 0.05) is 174 Å². The molecule has 0 amide bonds. The number of nitrogens with one attached hydrogen (secondary N) is 8.